The molecular weight excluding hydrogens is 459 g/mol. The van der Waals surface area contributed by atoms with E-state index in [-0.39, 0.29) is 11.8 Å². The predicted octanol–water partition coefficient (Wildman–Crippen LogP) is 4.04. The molecule has 4 aromatic rings. The fraction of sp³-hybridized carbons (Fsp3) is 0.231. The van der Waals surface area contributed by atoms with E-state index in [0.29, 0.717) is 46.9 Å². The third kappa shape index (κ3) is 5.31. The van der Waals surface area contributed by atoms with Crippen LogP contribution in [0.4, 0.5) is 5.82 Å². The molecule has 0 saturated carbocycles. The molecule has 1 atom stereocenters. The van der Waals surface area contributed by atoms with Gasteiger partial charge in [-0.05, 0) is 42.6 Å². The van der Waals surface area contributed by atoms with E-state index in [0.717, 1.165) is 16.9 Å². The van der Waals surface area contributed by atoms with Crippen LogP contribution >= 0.6 is 11.6 Å². The van der Waals surface area contributed by atoms with Crippen LogP contribution in [0.5, 0.6) is 0 Å². The number of benzene rings is 2. The second-order valence-electron chi connectivity index (χ2n) is 8.33. The van der Waals surface area contributed by atoms with Crippen molar-refractivity contribution in [2.45, 2.75) is 19.3 Å². The van der Waals surface area contributed by atoms with Crippen LogP contribution in [-0.2, 0) is 0 Å². The van der Waals surface area contributed by atoms with Crippen molar-refractivity contribution >= 4 is 42.3 Å². The van der Waals surface area contributed by atoms with Crippen molar-refractivity contribution in [1.29, 1.82) is 5.26 Å². The number of amides is 1. The van der Waals surface area contributed by atoms with Crippen molar-refractivity contribution in [1.82, 2.24) is 19.5 Å². The third-order valence-corrected chi connectivity index (χ3v) is 6.13. The standard InChI is InChI=1S/C26H24BClN6O/c1-17(15-29)18-7-5-8-19(13-18)26(35)33(2)12-6-11-30-24-14-23(20-9-3-4-10-22(20)28)32-25-21(27)16-31-34(24)25/h3-5,7-10,13-14,16-17,30H,6,11-12H2,1-2H3. The van der Waals surface area contributed by atoms with Gasteiger partial charge in [-0.3, -0.25) is 4.79 Å². The van der Waals surface area contributed by atoms with E-state index in [1.807, 2.05) is 49.4 Å². The highest BCUT2D eigenvalue weighted by molar-refractivity contribution is 6.36. The Bertz CT molecular complexity index is 1410. The van der Waals surface area contributed by atoms with Crippen molar-refractivity contribution in [2.75, 3.05) is 25.5 Å². The largest absolute Gasteiger partial charge is 0.370 e. The Morgan fingerprint density at radius 2 is 2.06 bits per heavy atom. The van der Waals surface area contributed by atoms with Crippen molar-refractivity contribution in [2.24, 2.45) is 0 Å². The maximum atomic E-state index is 12.9. The number of hydrogen-bond acceptors (Lipinski definition) is 5. The summed E-state index contributed by atoms with van der Waals surface area (Å²) in [6.07, 6.45) is 2.27. The van der Waals surface area contributed by atoms with Gasteiger partial charge in [-0.2, -0.15) is 14.9 Å². The zero-order chi connectivity index (χ0) is 24.9. The topological polar surface area (TPSA) is 86.3 Å². The van der Waals surface area contributed by atoms with Gasteiger partial charge in [0.1, 0.15) is 13.7 Å². The molecule has 0 fully saturated rings. The Balaban J connectivity index is 1.44. The lowest BCUT2D eigenvalue weighted by molar-refractivity contribution is 0.0794. The average molecular weight is 483 g/mol. The predicted molar refractivity (Wildman–Crippen MR) is 139 cm³/mol. The molecule has 2 radical (unpaired) electrons. The number of aromatic nitrogens is 3. The number of nitrogens with one attached hydrogen (secondary N) is 1. The third-order valence-electron chi connectivity index (χ3n) is 5.80. The van der Waals surface area contributed by atoms with Crippen molar-refractivity contribution in [3.05, 3.63) is 76.9 Å². The molecule has 1 amide bonds. The van der Waals surface area contributed by atoms with Gasteiger partial charge in [0, 0.05) is 48.5 Å². The molecule has 4 rings (SSSR count). The highest BCUT2D eigenvalue weighted by Crippen LogP contribution is 2.28. The van der Waals surface area contributed by atoms with Crippen LogP contribution in [-0.4, -0.2) is 53.4 Å². The monoisotopic (exact) mass is 482 g/mol. The molecule has 9 heteroatoms. The highest BCUT2D eigenvalue weighted by atomic mass is 35.5. The summed E-state index contributed by atoms with van der Waals surface area (Å²) in [6, 6.07) is 18.8. The van der Waals surface area contributed by atoms with Gasteiger partial charge in [-0.15, -0.1) is 0 Å². The van der Waals surface area contributed by atoms with E-state index in [2.05, 4.69) is 21.5 Å². The molecule has 1 N–H and O–H groups in total. The molecule has 0 spiro atoms. The first kappa shape index (κ1) is 24.3. The Kier molecular flexibility index (Phi) is 7.38. The normalized spacial score (nSPS) is 11.7. The lowest BCUT2D eigenvalue weighted by atomic mass is 10.00. The van der Waals surface area contributed by atoms with Gasteiger partial charge in [0.25, 0.3) is 5.91 Å². The number of fused-ring (bicyclic) bond motifs is 1. The number of rotatable bonds is 8. The van der Waals surface area contributed by atoms with Crippen LogP contribution in [0.2, 0.25) is 5.02 Å². The summed E-state index contributed by atoms with van der Waals surface area (Å²) >= 11 is 6.39. The summed E-state index contributed by atoms with van der Waals surface area (Å²) in [4.78, 5) is 19.2. The summed E-state index contributed by atoms with van der Waals surface area (Å²) < 4.78 is 1.66. The van der Waals surface area contributed by atoms with Crippen LogP contribution < -0.4 is 10.8 Å². The summed E-state index contributed by atoms with van der Waals surface area (Å²) in [5.74, 6) is 0.388. The summed E-state index contributed by atoms with van der Waals surface area (Å²) in [5.41, 5.74) is 3.93. The fourth-order valence-corrected chi connectivity index (χ4v) is 4.02. The van der Waals surface area contributed by atoms with Crippen LogP contribution in [0.25, 0.3) is 16.9 Å². The molecule has 174 valence electrons. The maximum absolute atomic E-state index is 12.9. The van der Waals surface area contributed by atoms with Crippen molar-refractivity contribution < 1.29 is 4.79 Å². The number of nitrogens with zero attached hydrogens (tertiary/aromatic N) is 5. The van der Waals surface area contributed by atoms with E-state index in [1.165, 1.54) is 0 Å². The van der Waals surface area contributed by atoms with E-state index < -0.39 is 0 Å². The molecule has 2 aromatic carbocycles. The van der Waals surface area contributed by atoms with E-state index in [4.69, 9.17) is 24.7 Å². The number of nitriles is 1. The van der Waals surface area contributed by atoms with E-state index in [1.54, 1.807) is 34.8 Å². The second-order valence-corrected chi connectivity index (χ2v) is 8.73. The molecule has 2 heterocycles. The van der Waals surface area contributed by atoms with Crippen LogP contribution in [0.15, 0.2) is 60.8 Å². The van der Waals surface area contributed by atoms with Gasteiger partial charge in [0.15, 0.2) is 5.65 Å². The van der Waals surface area contributed by atoms with Crippen LogP contribution in [0, 0.1) is 11.3 Å². The van der Waals surface area contributed by atoms with Crippen LogP contribution in [0.3, 0.4) is 0 Å². The molecule has 35 heavy (non-hydrogen) atoms. The first-order valence-corrected chi connectivity index (χ1v) is 11.6. The molecule has 7 nitrogen and oxygen atoms in total. The smallest absolute Gasteiger partial charge is 0.253 e. The SMILES string of the molecule is [B]c1cnn2c(NCCCN(C)C(=O)c3cccc(C(C)C#N)c3)cc(-c3ccccc3Cl)nc12. The maximum Gasteiger partial charge on any atom is 0.253 e. The number of carbonyl (C=O) groups is 1. The first-order valence-electron chi connectivity index (χ1n) is 11.3. The van der Waals surface area contributed by atoms with E-state index >= 15 is 0 Å². The number of carbonyl (C=O) groups excluding carboxylic acids is 1. The Morgan fingerprint density at radius 3 is 2.83 bits per heavy atom. The Hall–Kier alpha value is -3.83. The molecule has 0 bridgehead atoms. The van der Waals surface area contributed by atoms with Crippen molar-refractivity contribution in [3.63, 3.8) is 0 Å². The molecule has 2 aromatic heterocycles. The van der Waals surface area contributed by atoms with E-state index in [9.17, 15) is 4.79 Å². The minimum Gasteiger partial charge on any atom is -0.370 e. The quantitative estimate of drug-likeness (QED) is 0.302. The highest BCUT2D eigenvalue weighted by Gasteiger charge is 2.15. The van der Waals surface area contributed by atoms with Gasteiger partial charge < -0.3 is 10.2 Å². The van der Waals surface area contributed by atoms with Crippen molar-refractivity contribution in [3.8, 4) is 17.3 Å². The molecule has 0 saturated heterocycles. The number of anilines is 1. The van der Waals surface area contributed by atoms with Gasteiger partial charge in [0.2, 0.25) is 0 Å². The zero-order valence-electron chi connectivity index (χ0n) is 19.6. The minimum atomic E-state index is -0.263. The lowest BCUT2D eigenvalue weighted by Crippen LogP contribution is -2.29. The summed E-state index contributed by atoms with van der Waals surface area (Å²) in [5, 5.41) is 17.5. The molecule has 0 aliphatic carbocycles. The first-order chi connectivity index (χ1) is 16.9. The van der Waals surface area contributed by atoms with Gasteiger partial charge in [-0.1, -0.05) is 41.9 Å². The number of halogens is 1. The summed E-state index contributed by atoms with van der Waals surface area (Å²) in [6.45, 7) is 2.97. The average Bonchev–Trinajstić information content (AvgIpc) is 3.26. The Morgan fingerprint density at radius 1 is 1.26 bits per heavy atom. The van der Waals surface area contributed by atoms with Gasteiger partial charge >= 0.3 is 0 Å². The lowest BCUT2D eigenvalue weighted by Gasteiger charge is -2.18. The fourth-order valence-electron chi connectivity index (χ4n) is 3.78. The second kappa shape index (κ2) is 10.6. The van der Waals surface area contributed by atoms with Crippen LogP contribution in [0.1, 0.15) is 35.2 Å². The molecule has 1 unspecified atom stereocenters. The van der Waals surface area contributed by atoms with Gasteiger partial charge in [0.05, 0.1) is 17.7 Å². The summed E-state index contributed by atoms with van der Waals surface area (Å²) in [7, 11) is 7.86. The zero-order valence-corrected chi connectivity index (χ0v) is 20.3. The number of hydrogen-bond donors (Lipinski definition) is 1. The molecular formula is C26H24BClN6O. The minimum absolute atomic E-state index is 0.0795. The Labute approximate surface area is 210 Å². The molecule has 0 aliphatic heterocycles. The molecule has 0 aliphatic rings. The van der Waals surface area contributed by atoms with Gasteiger partial charge in [-0.25, -0.2) is 4.98 Å².